The summed E-state index contributed by atoms with van der Waals surface area (Å²) in [5.41, 5.74) is 11.5. The van der Waals surface area contributed by atoms with Crippen LogP contribution >= 0.6 is 11.3 Å². The van der Waals surface area contributed by atoms with E-state index in [1.807, 2.05) is 0 Å². The predicted octanol–water partition coefficient (Wildman–Crippen LogP) is 1.31. The highest BCUT2D eigenvalue weighted by Gasteiger charge is 2.16. The maximum Gasteiger partial charge on any atom is 0.335 e. The average Bonchev–Trinajstić information content (AvgIpc) is 2.79. The number of aromatic nitrogens is 1. The summed E-state index contributed by atoms with van der Waals surface area (Å²) in [6.07, 6.45) is 0. The monoisotopic (exact) mass is 319 g/mol. The molecule has 0 unspecified atom stereocenters. The Labute approximate surface area is 129 Å². The quantitative estimate of drug-likeness (QED) is 0.494. The first kappa shape index (κ1) is 15.4. The highest BCUT2D eigenvalue weighted by Crippen LogP contribution is 2.26. The Morgan fingerprint density at radius 3 is 2.73 bits per heavy atom. The van der Waals surface area contributed by atoms with Crippen LogP contribution in [0.25, 0.3) is 0 Å². The summed E-state index contributed by atoms with van der Waals surface area (Å²) in [5.74, 6) is -1.62. The normalized spacial score (nSPS) is 10.0. The number of aliphatic imine (C=N–C) groups is 1. The summed E-state index contributed by atoms with van der Waals surface area (Å²) in [6.45, 7) is 1.66. The molecule has 0 spiro atoms. The van der Waals surface area contributed by atoms with Crippen molar-refractivity contribution in [2.24, 2.45) is 16.5 Å². The number of benzene rings is 1. The van der Waals surface area contributed by atoms with E-state index in [2.05, 4.69) is 15.3 Å². The number of carboxylic acids is 1. The minimum absolute atomic E-state index is 0.0834. The van der Waals surface area contributed by atoms with Crippen LogP contribution in [0.3, 0.4) is 0 Å². The molecule has 6 N–H and O–H groups in total. The SMILES string of the molecule is Cc1nc(N=C(N)N)sc1C(=O)Nc1cccc(C(=O)O)c1. The minimum atomic E-state index is -1.07. The number of nitrogens with two attached hydrogens (primary N) is 2. The number of anilines is 1. The van der Waals surface area contributed by atoms with Gasteiger partial charge in [0.15, 0.2) is 5.96 Å². The second-order valence-electron chi connectivity index (χ2n) is 4.29. The summed E-state index contributed by atoms with van der Waals surface area (Å²) in [4.78, 5) is 31.3. The van der Waals surface area contributed by atoms with Gasteiger partial charge in [-0.2, -0.15) is 4.99 Å². The minimum Gasteiger partial charge on any atom is -0.478 e. The van der Waals surface area contributed by atoms with Crippen molar-refractivity contribution < 1.29 is 14.7 Å². The number of hydrogen-bond donors (Lipinski definition) is 4. The molecule has 0 saturated heterocycles. The topological polar surface area (TPSA) is 144 Å². The Bertz CT molecular complexity index is 765. The third-order valence-electron chi connectivity index (χ3n) is 2.58. The number of rotatable bonds is 4. The molecule has 0 aliphatic rings. The molecule has 0 aliphatic heterocycles. The fraction of sp³-hybridized carbons (Fsp3) is 0.0769. The van der Waals surface area contributed by atoms with Gasteiger partial charge in [-0.3, -0.25) is 4.79 Å². The van der Waals surface area contributed by atoms with Gasteiger partial charge in [0.25, 0.3) is 5.91 Å². The van der Waals surface area contributed by atoms with Gasteiger partial charge in [-0.1, -0.05) is 17.4 Å². The number of carbonyl (C=O) groups excluding carboxylic acids is 1. The third kappa shape index (κ3) is 3.58. The number of thiazole rings is 1. The summed E-state index contributed by atoms with van der Waals surface area (Å²) >= 11 is 1.04. The van der Waals surface area contributed by atoms with E-state index in [0.29, 0.717) is 16.3 Å². The first-order valence-electron chi connectivity index (χ1n) is 6.08. The maximum absolute atomic E-state index is 12.2. The summed E-state index contributed by atoms with van der Waals surface area (Å²) < 4.78 is 0. The van der Waals surface area contributed by atoms with Crippen molar-refractivity contribution >= 4 is 40.0 Å². The third-order valence-corrected chi connectivity index (χ3v) is 3.63. The molecule has 8 nitrogen and oxygen atoms in total. The van der Waals surface area contributed by atoms with E-state index in [9.17, 15) is 9.59 Å². The molecular weight excluding hydrogens is 306 g/mol. The van der Waals surface area contributed by atoms with Crippen LogP contribution in [0.5, 0.6) is 0 Å². The van der Waals surface area contributed by atoms with Gasteiger partial charge in [0, 0.05) is 5.69 Å². The van der Waals surface area contributed by atoms with Gasteiger partial charge in [-0.05, 0) is 25.1 Å². The number of amides is 1. The molecule has 1 amide bonds. The fourth-order valence-corrected chi connectivity index (χ4v) is 2.52. The zero-order valence-corrected chi connectivity index (χ0v) is 12.3. The van der Waals surface area contributed by atoms with E-state index in [4.69, 9.17) is 16.6 Å². The largest absolute Gasteiger partial charge is 0.478 e. The van der Waals surface area contributed by atoms with Crippen molar-refractivity contribution in [2.45, 2.75) is 6.92 Å². The van der Waals surface area contributed by atoms with E-state index >= 15 is 0 Å². The summed E-state index contributed by atoms with van der Waals surface area (Å²) in [6, 6.07) is 5.95. The molecule has 0 radical (unpaired) electrons. The van der Waals surface area contributed by atoms with E-state index < -0.39 is 11.9 Å². The number of carboxylic acid groups (broad SMARTS) is 1. The van der Waals surface area contributed by atoms with Crippen molar-refractivity contribution in [3.63, 3.8) is 0 Å². The van der Waals surface area contributed by atoms with Crippen LogP contribution in [-0.4, -0.2) is 27.9 Å². The average molecular weight is 319 g/mol. The Kier molecular flexibility index (Phi) is 4.37. The van der Waals surface area contributed by atoms with Crippen LogP contribution in [0.1, 0.15) is 25.7 Å². The highest BCUT2D eigenvalue weighted by molar-refractivity contribution is 7.17. The number of aryl methyl sites for hydroxylation is 1. The van der Waals surface area contributed by atoms with Crippen LogP contribution in [0.2, 0.25) is 0 Å². The lowest BCUT2D eigenvalue weighted by atomic mass is 10.2. The number of nitrogens with zero attached hydrogens (tertiary/aromatic N) is 2. The van der Waals surface area contributed by atoms with E-state index in [-0.39, 0.29) is 16.7 Å². The summed E-state index contributed by atoms with van der Waals surface area (Å²) in [7, 11) is 0. The van der Waals surface area contributed by atoms with Gasteiger partial charge in [0.2, 0.25) is 5.13 Å². The molecule has 9 heteroatoms. The molecule has 0 aliphatic carbocycles. The maximum atomic E-state index is 12.2. The Morgan fingerprint density at radius 2 is 2.09 bits per heavy atom. The van der Waals surface area contributed by atoms with Crippen LogP contribution in [-0.2, 0) is 0 Å². The Morgan fingerprint density at radius 1 is 1.36 bits per heavy atom. The van der Waals surface area contributed by atoms with Crippen molar-refractivity contribution in [3.8, 4) is 0 Å². The molecule has 1 heterocycles. The first-order chi connectivity index (χ1) is 10.4. The van der Waals surface area contributed by atoms with Gasteiger partial charge in [-0.25, -0.2) is 9.78 Å². The van der Waals surface area contributed by atoms with Crippen molar-refractivity contribution in [3.05, 3.63) is 40.4 Å². The molecule has 0 bridgehead atoms. The van der Waals surface area contributed by atoms with Crippen LogP contribution in [0.4, 0.5) is 10.8 Å². The van der Waals surface area contributed by atoms with Crippen LogP contribution in [0, 0.1) is 6.92 Å². The van der Waals surface area contributed by atoms with Crippen LogP contribution in [0.15, 0.2) is 29.3 Å². The van der Waals surface area contributed by atoms with Crippen molar-refractivity contribution in [2.75, 3.05) is 5.32 Å². The summed E-state index contributed by atoms with van der Waals surface area (Å²) in [5, 5.41) is 11.8. The predicted molar refractivity (Wildman–Crippen MR) is 83.7 cm³/mol. The smallest absolute Gasteiger partial charge is 0.335 e. The first-order valence-corrected chi connectivity index (χ1v) is 6.90. The zero-order chi connectivity index (χ0) is 16.3. The fourth-order valence-electron chi connectivity index (χ4n) is 1.67. The molecule has 2 rings (SSSR count). The van der Waals surface area contributed by atoms with Gasteiger partial charge in [0.1, 0.15) is 4.88 Å². The molecule has 0 saturated carbocycles. The molecule has 2 aromatic rings. The number of aromatic carboxylic acids is 1. The van der Waals surface area contributed by atoms with Crippen molar-refractivity contribution in [1.29, 1.82) is 0 Å². The molecule has 22 heavy (non-hydrogen) atoms. The molecular formula is C13H13N5O3S. The van der Waals surface area contributed by atoms with Gasteiger partial charge >= 0.3 is 5.97 Å². The second kappa shape index (κ2) is 6.22. The van der Waals surface area contributed by atoms with Crippen molar-refractivity contribution in [1.82, 2.24) is 4.98 Å². The number of hydrogen-bond acceptors (Lipinski definition) is 5. The lowest BCUT2D eigenvalue weighted by Gasteiger charge is -2.04. The number of guanidine groups is 1. The lowest BCUT2D eigenvalue weighted by Crippen LogP contribution is -2.21. The Balaban J connectivity index is 2.22. The van der Waals surface area contributed by atoms with Gasteiger partial charge < -0.3 is 21.9 Å². The lowest BCUT2D eigenvalue weighted by molar-refractivity contribution is 0.0696. The molecule has 1 aromatic heterocycles. The highest BCUT2D eigenvalue weighted by atomic mass is 32.1. The number of carbonyl (C=O) groups is 2. The van der Waals surface area contributed by atoms with Gasteiger partial charge in [-0.15, -0.1) is 0 Å². The number of nitrogens with one attached hydrogen (secondary N) is 1. The molecule has 1 aromatic carbocycles. The molecule has 0 atom stereocenters. The Hall–Kier alpha value is -2.94. The van der Waals surface area contributed by atoms with Gasteiger partial charge in [0.05, 0.1) is 11.3 Å². The molecule has 0 fully saturated rings. The second-order valence-corrected chi connectivity index (χ2v) is 5.27. The van der Waals surface area contributed by atoms with E-state index in [0.717, 1.165) is 11.3 Å². The van der Waals surface area contributed by atoms with E-state index in [1.54, 1.807) is 19.1 Å². The molecule has 114 valence electrons. The standard InChI is InChI=1S/C13H13N5O3S/c1-6-9(22-13(16-6)18-12(14)15)10(19)17-8-4-2-3-7(5-8)11(20)21/h2-5H,1H3,(H,17,19)(H,20,21)(H4,14,15,16,18). The van der Waals surface area contributed by atoms with E-state index in [1.165, 1.54) is 12.1 Å². The zero-order valence-electron chi connectivity index (χ0n) is 11.5. The van der Waals surface area contributed by atoms with Crippen LogP contribution < -0.4 is 16.8 Å².